The van der Waals surface area contributed by atoms with Crippen LogP contribution >= 0.6 is 11.6 Å². The SMILES string of the molecule is CCC(=Cc1oc2ccc(-c3ccccc3)cc2[n+]1CCC(C)S(=O)(=O)O)C=C1OC2CCC(Cl)CC2=[N+]1CCCS(=O)(=O)O. The van der Waals surface area contributed by atoms with Crippen molar-refractivity contribution in [3.05, 3.63) is 72.0 Å². The highest BCUT2D eigenvalue weighted by Gasteiger charge is 2.43. The van der Waals surface area contributed by atoms with E-state index < -0.39 is 25.5 Å². The number of oxazole rings is 1. The first-order valence-electron chi connectivity index (χ1n) is 15.1. The molecule has 0 saturated heterocycles. The highest BCUT2D eigenvalue weighted by molar-refractivity contribution is 7.86. The smallest absolute Gasteiger partial charge is 0.374 e. The van der Waals surface area contributed by atoms with Gasteiger partial charge < -0.3 is 9.15 Å². The van der Waals surface area contributed by atoms with Crippen molar-refractivity contribution in [1.82, 2.24) is 0 Å². The average Bonchev–Trinajstić information content (AvgIpc) is 3.50. The normalized spacial score (nSPS) is 20.9. The van der Waals surface area contributed by atoms with Crippen LogP contribution in [0.25, 0.3) is 28.3 Å². The third kappa shape index (κ3) is 8.23. The topological polar surface area (TPSA) is 138 Å². The molecule has 1 saturated carbocycles. The molecule has 2 aliphatic rings. The van der Waals surface area contributed by atoms with Crippen LogP contribution in [0.15, 0.2) is 70.5 Å². The molecule has 1 aliphatic carbocycles. The Bertz CT molecular complexity index is 1860. The number of ether oxygens (including phenoxy) is 1. The van der Waals surface area contributed by atoms with Crippen LogP contribution in [-0.4, -0.2) is 65.3 Å². The largest absolute Gasteiger partial charge is 0.430 e. The first-order valence-corrected chi connectivity index (χ1v) is 18.7. The fraction of sp³-hybridized carbons (Fsp3) is 0.438. The quantitative estimate of drug-likeness (QED) is 0.143. The van der Waals surface area contributed by atoms with Gasteiger partial charge in [0.1, 0.15) is 0 Å². The van der Waals surface area contributed by atoms with Gasteiger partial charge in [0.2, 0.25) is 11.3 Å². The molecule has 0 amide bonds. The zero-order chi connectivity index (χ0) is 32.4. The lowest BCUT2D eigenvalue weighted by molar-refractivity contribution is -0.678. The molecule has 3 unspecified atom stereocenters. The van der Waals surface area contributed by atoms with Crippen molar-refractivity contribution in [2.75, 3.05) is 12.3 Å². The summed E-state index contributed by atoms with van der Waals surface area (Å²) in [6.07, 6.45) is 6.83. The highest BCUT2D eigenvalue weighted by atomic mass is 35.5. The Labute approximate surface area is 269 Å². The van der Waals surface area contributed by atoms with Gasteiger partial charge in [0, 0.05) is 30.7 Å². The standard InChI is InChI=1S/C32H37ClN2O8S2/c1-3-23(18-31-34(15-7-17-44(36,37)38)28-21-26(33)11-13-30(28)43-31)19-32-35(16-14-22(2)45(39,40)41)27-20-25(10-12-29(27)42-32)24-8-5-4-6-9-24/h4-6,8-10,12,18-20,22,26,30H,3,7,11,13-17,21H2,1-2H3/p+2. The molecule has 2 heterocycles. The van der Waals surface area contributed by atoms with E-state index in [9.17, 15) is 25.9 Å². The summed E-state index contributed by atoms with van der Waals surface area (Å²) in [5, 5.41) is -1.00. The molecule has 13 heteroatoms. The lowest BCUT2D eigenvalue weighted by Gasteiger charge is -2.18. The van der Waals surface area contributed by atoms with Crippen LogP contribution < -0.4 is 4.57 Å². The van der Waals surface area contributed by atoms with Gasteiger partial charge in [-0.25, -0.2) is 0 Å². The maximum Gasteiger partial charge on any atom is 0.374 e. The second-order valence-corrected chi connectivity index (χ2v) is 15.6. The Morgan fingerprint density at radius 3 is 2.51 bits per heavy atom. The molecular formula is C32H39ClN2O8S2+2. The Kier molecular flexibility index (Phi) is 10.2. The van der Waals surface area contributed by atoms with Gasteiger partial charge >= 0.3 is 11.8 Å². The molecular weight excluding hydrogens is 640 g/mol. The van der Waals surface area contributed by atoms with Gasteiger partial charge in [-0.05, 0) is 49.0 Å². The molecule has 1 fully saturated rings. The summed E-state index contributed by atoms with van der Waals surface area (Å²) in [5.74, 6) is 0.730. The van der Waals surface area contributed by atoms with E-state index in [4.69, 9.17) is 20.8 Å². The van der Waals surface area contributed by atoms with Gasteiger partial charge in [-0.15, -0.1) is 11.6 Å². The summed E-state index contributed by atoms with van der Waals surface area (Å²) < 4.78 is 81.9. The number of aryl methyl sites for hydroxylation is 1. The number of halogens is 1. The highest BCUT2D eigenvalue weighted by Crippen LogP contribution is 2.32. The Morgan fingerprint density at radius 1 is 1.07 bits per heavy atom. The van der Waals surface area contributed by atoms with Crippen LogP contribution in [0.1, 0.15) is 58.3 Å². The summed E-state index contributed by atoms with van der Waals surface area (Å²) in [6.45, 7) is 4.09. The summed E-state index contributed by atoms with van der Waals surface area (Å²) in [6, 6.07) is 15.8. The van der Waals surface area contributed by atoms with Gasteiger partial charge in [0.05, 0.1) is 23.2 Å². The van der Waals surface area contributed by atoms with Gasteiger partial charge in [-0.1, -0.05) is 43.3 Å². The Hall–Kier alpha value is -3.03. The summed E-state index contributed by atoms with van der Waals surface area (Å²) >= 11 is 6.49. The molecule has 10 nitrogen and oxygen atoms in total. The first kappa shape index (κ1) is 33.3. The van der Waals surface area contributed by atoms with Crippen LogP contribution in [0.3, 0.4) is 0 Å². The van der Waals surface area contributed by atoms with Crippen molar-refractivity contribution in [2.24, 2.45) is 0 Å². The third-order valence-electron chi connectivity index (χ3n) is 8.34. The number of benzene rings is 2. The van der Waals surface area contributed by atoms with Crippen LogP contribution in [0, 0.1) is 0 Å². The summed E-state index contributed by atoms with van der Waals surface area (Å²) in [7, 11) is -8.31. The Morgan fingerprint density at radius 2 is 1.82 bits per heavy atom. The maximum atomic E-state index is 11.8. The molecule has 5 rings (SSSR count). The Balaban J connectivity index is 1.55. The number of fused-ring (bicyclic) bond motifs is 2. The van der Waals surface area contributed by atoms with Crippen molar-refractivity contribution in [1.29, 1.82) is 0 Å². The monoisotopic (exact) mass is 678 g/mol. The second kappa shape index (κ2) is 13.8. The van der Waals surface area contributed by atoms with Crippen molar-refractivity contribution in [3.63, 3.8) is 0 Å². The summed E-state index contributed by atoms with van der Waals surface area (Å²) in [5.41, 5.74) is 5.29. The predicted octanol–water partition coefficient (Wildman–Crippen LogP) is 5.61. The molecule has 45 heavy (non-hydrogen) atoms. The molecule has 3 aromatic rings. The van der Waals surface area contributed by atoms with E-state index in [0.717, 1.165) is 40.8 Å². The minimum atomic E-state index is -4.21. The van der Waals surface area contributed by atoms with Crippen LogP contribution in [0.5, 0.6) is 0 Å². The molecule has 0 radical (unpaired) electrons. The van der Waals surface area contributed by atoms with E-state index in [-0.39, 0.29) is 36.6 Å². The molecule has 1 aliphatic heterocycles. The fourth-order valence-corrected chi connectivity index (χ4v) is 6.95. The van der Waals surface area contributed by atoms with E-state index in [1.165, 1.54) is 6.92 Å². The lowest BCUT2D eigenvalue weighted by Crippen LogP contribution is -2.37. The number of alkyl halides is 1. The predicted molar refractivity (Wildman–Crippen MR) is 173 cm³/mol. The first-order chi connectivity index (χ1) is 21.3. The molecule has 3 atom stereocenters. The maximum absolute atomic E-state index is 11.8. The minimum Gasteiger partial charge on any atom is -0.430 e. The molecule has 0 bridgehead atoms. The molecule has 0 spiro atoms. The van der Waals surface area contributed by atoms with E-state index in [0.29, 0.717) is 36.7 Å². The summed E-state index contributed by atoms with van der Waals surface area (Å²) in [4.78, 5) is 0. The third-order valence-corrected chi connectivity index (χ3v) is 10.8. The van der Waals surface area contributed by atoms with Crippen LogP contribution in [0.2, 0.25) is 0 Å². The van der Waals surface area contributed by atoms with Crippen molar-refractivity contribution in [2.45, 2.75) is 75.6 Å². The van der Waals surface area contributed by atoms with Crippen LogP contribution in [0.4, 0.5) is 0 Å². The van der Waals surface area contributed by atoms with Gasteiger partial charge in [0.15, 0.2) is 19.2 Å². The number of aromatic nitrogens is 1. The molecule has 2 N–H and O–H groups in total. The molecule has 2 aromatic carbocycles. The van der Waals surface area contributed by atoms with Gasteiger partial charge in [-0.2, -0.15) is 26.0 Å². The molecule has 242 valence electrons. The lowest BCUT2D eigenvalue weighted by atomic mass is 9.95. The zero-order valence-corrected chi connectivity index (χ0v) is 27.7. The number of hydrogen-bond acceptors (Lipinski definition) is 6. The number of hydrogen-bond donors (Lipinski definition) is 2. The average molecular weight is 679 g/mol. The van der Waals surface area contributed by atoms with Crippen LogP contribution in [-0.2, 0) is 31.5 Å². The molecule has 1 aromatic heterocycles. The second-order valence-electron chi connectivity index (χ2n) is 11.6. The van der Waals surface area contributed by atoms with Crippen molar-refractivity contribution < 1.29 is 44.2 Å². The zero-order valence-electron chi connectivity index (χ0n) is 25.3. The number of nitrogens with zero attached hydrogens (tertiary/aromatic N) is 2. The van der Waals surface area contributed by atoms with Crippen molar-refractivity contribution in [3.8, 4) is 11.1 Å². The van der Waals surface area contributed by atoms with E-state index in [2.05, 4.69) is 0 Å². The number of rotatable bonds is 12. The van der Waals surface area contributed by atoms with Gasteiger partial charge in [0.25, 0.3) is 25.8 Å². The van der Waals surface area contributed by atoms with Crippen molar-refractivity contribution >= 4 is 54.7 Å². The van der Waals surface area contributed by atoms with Gasteiger partial charge in [-0.3, -0.25) is 9.11 Å². The fourth-order valence-electron chi connectivity index (χ4n) is 5.76. The number of allylic oxidation sites excluding steroid dienone is 2. The van der Waals surface area contributed by atoms with E-state index in [1.54, 1.807) is 0 Å². The van der Waals surface area contributed by atoms with E-state index in [1.807, 2.05) is 76.7 Å². The minimum absolute atomic E-state index is 0.0372. The van der Waals surface area contributed by atoms with E-state index >= 15 is 0 Å².